The minimum Gasteiger partial charge on any atom is -0.384 e. The standard InChI is InChI=1S/C15H20N2O2/c1-16(2)12-15(19)17(3)11-14-7-4-6-13(10-14)8-5-9-18/h4,6-7,10,18H,9,11-12H2,1-3H3. The highest BCUT2D eigenvalue weighted by Crippen LogP contribution is 2.07. The molecule has 1 N–H and O–H groups in total. The second-order valence-electron chi connectivity index (χ2n) is 4.65. The van der Waals surface area contributed by atoms with E-state index < -0.39 is 0 Å². The number of carbonyl (C=O) groups excluding carboxylic acids is 1. The topological polar surface area (TPSA) is 43.8 Å². The van der Waals surface area contributed by atoms with Gasteiger partial charge >= 0.3 is 0 Å². The summed E-state index contributed by atoms with van der Waals surface area (Å²) in [6, 6.07) is 7.68. The molecule has 0 unspecified atom stereocenters. The Morgan fingerprint density at radius 3 is 2.68 bits per heavy atom. The van der Waals surface area contributed by atoms with Crippen molar-refractivity contribution in [3.05, 3.63) is 35.4 Å². The minimum absolute atomic E-state index is 0.0804. The predicted octanol–water partition coefficient (Wildman–Crippen LogP) is 0.550. The third kappa shape index (κ3) is 5.56. The molecule has 1 aromatic rings. The smallest absolute Gasteiger partial charge is 0.236 e. The molecule has 0 aliphatic carbocycles. The van der Waals surface area contributed by atoms with Gasteiger partial charge in [0.2, 0.25) is 5.91 Å². The summed E-state index contributed by atoms with van der Waals surface area (Å²) >= 11 is 0. The maximum absolute atomic E-state index is 11.8. The van der Waals surface area contributed by atoms with E-state index in [4.69, 9.17) is 5.11 Å². The lowest BCUT2D eigenvalue weighted by molar-refractivity contribution is -0.131. The Hall–Kier alpha value is -1.83. The molecule has 1 rings (SSSR count). The van der Waals surface area contributed by atoms with Crippen LogP contribution < -0.4 is 0 Å². The predicted molar refractivity (Wildman–Crippen MR) is 75.4 cm³/mol. The summed E-state index contributed by atoms with van der Waals surface area (Å²) in [4.78, 5) is 15.4. The van der Waals surface area contributed by atoms with Crippen LogP contribution in [0.5, 0.6) is 0 Å². The summed E-state index contributed by atoms with van der Waals surface area (Å²) in [5.74, 6) is 5.55. The van der Waals surface area contributed by atoms with E-state index in [2.05, 4.69) is 11.8 Å². The van der Waals surface area contributed by atoms with E-state index in [0.29, 0.717) is 13.1 Å². The molecule has 0 bridgehead atoms. The highest BCUT2D eigenvalue weighted by molar-refractivity contribution is 5.77. The van der Waals surface area contributed by atoms with Crippen molar-refractivity contribution in [1.29, 1.82) is 0 Å². The number of benzene rings is 1. The number of nitrogens with zero attached hydrogens (tertiary/aromatic N) is 2. The maximum atomic E-state index is 11.8. The third-order valence-electron chi connectivity index (χ3n) is 2.54. The quantitative estimate of drug-likeness (QED) is 0.804. The molecule has 1 amide bonds. The number of likely N-dealkylation sites (N-methyl/N-ethyl adjacent to an activating group) is 2. The zero-order chi connectivity index (χ0) is 14.3. The van der Waals surface area contributed by atoms with Gasteiger partial charge in [-0.05, 0) is 31.8 Å². The fourth-order valence-corrected chi connectivity index (χ4v) is 1.64. The molecule has 0 saturated carbocycles. The fourth-order valence-electron chi connectivity index (χ4n) is 1.64. The zero-order valence-electron chi connectivity index (χ0n) is 11.7. The number of aliphatic hydroxyl groups excluding tert-OH is 1. The second kappa shape index (κ2) is 7.57. The fraction of sp³-hybridized carbons (Fsp3) is 0.400. The first kappa shape index (κ1) is 15.2. The molecular weight excluding hydrogens is 240 g/mol. The van der Waals surface area contributed by atoms with E-state index in [1.807, 2.05) is 43.3 Å². The Morgan fingerprint density at radius 2 is 2.05 bits per heavy atom. The number of carbonyl (C=O) groups is 1. The molecule has 4 heteroatoms. The minimum atomic E-state index is -0.147. The van der Waals surface area contributed by atoms with Gasteiger partial charge in [-0.15, -0.1) is 0 Å². The van der Waals surface area contributed by atoms with Crippen molar-refractivity contribution >= 4 is 5.91 Å². The number of rotatable bonds is 4. The molecule has 0 fully saturated rings. The summed E-state index contributed by atoms with van der Waals surface area (Å²) in [5, 5.41) is 8.67. The summed E-state index contributed by atoms with van der Waals surface area (Å²) in [6.07, 6.45) is 0. The molecule has 4 nitrogen and oxygen atoms in total. The molecule has 0 aromatic heterocycles. The van der Waals surface area contributed by atoms with Crippen molar-refractivity contribution in [2.24, 2.45) is 0 Å². The van der Waals surface area contributed by atoms with Gasteiger partial charge in [0.05, 0.1) is 6.54 Å². The Morgan fingerprint density at radius 1 is 1.32 bits per heavy atom. The van der Waals surface area contributed by atoms with Gasteiger partial charge in [0.25, 0.3) is 0 Å². The van der Waals surface area contributed by atoms with Gasteiger partial charge in [0.15, 0.2) is 0 Å². The molecular formula is C15H20N2O2. The Bertz CT molecular complexity index is 486. The molecule has 0 aliphatic rings. The van der Waals surface area contributed by atoms with Crippen molar-refractivity contribution in [1.82, 2.24) is 9.80 Å². The highest BCUT2D eigenvalue weighted by Gasteiger charge is 2.10. The van der Waals surface area contributed by atoms with Crippen molar-refractivity contribution in [2.75, 3.05) is 34.3 Å². The van der Waals surface area contributed by atoms with Gasteiger partial charge in [-0.2, -0.15) is 0 Å². The van der Waals surface area contributed by atoms with Gasteiger partial charge in [-0.25, -0.2) is 0 Å². The molecule has 0 saturated heterocycles. The van der Waals surface area contributed by atoms with Crippen molar-refractivity contribution in [3.63, 3.8) is 0 Å². The van der Waals surface area contributed by atoms with Gasteiger partial charge in [-0.3, -0.25) is 4.79 Å². The SMILES string of the molecule is CN(C)CC(=O)N(C)Cc1cccc(C#CCO)c1. The van der Waals surface area contributed by atoms with E-state index in [-0.39, 0.29) is 12.5 Å². The summed E-state index contributed by atoms with van der Waals surface area (Å²) in [5.41, 5.74) is 1.87. The number of hydrogen-bond donors (Lipinski definition) is 1. The van der Waals surface area contributed by atoms with Gasteiger partial charge < -0.3 is 14.9 Å². The lowest BCUT2D eigenvalue weighted by Crippen LogP contribution is -2.34. The molecule has 0 aliphatic heterocycles. The van der Waals surface area contributed by atoms with Crippen LogP contribution in [-0.2, 0) is 11.3 Å². The molecule has 0 heterocycles. The average Bonchev–Trinajstić information content (AvgIpc) is 2.36. The van der Waals surface area contributed by atoms with Crippen LogP contribution in [0, 0.1) is 11.8 Å². The first-order chi connectivity index (χ1) is 9.02. The first-order valence-electron chi connectivity index (χ1n) is 6.10. The molecule has 102 valence electrons. The largest absolute Gasteiger partial charge is 0.384 e. The van der Waals surface area contributed by atoms with Crippen molar-refractivity contribution in [3.8, 4) is 11.8 Å². The van der Waals surface area contributed by atoms with Crippen LogP contribution in [0.4, 0.5) is 0 Å². The van der Waals surface area contributed by atoms with Crippen molar-refractivity contribution in [2.45, 2.75) is 6.54 Å². The molecule has 0 radical (unpaired) electrons. The summed E-state index contributed by atoms with van der Waals surface area (Å²) < 4.78 is 0. The lowest BCUT2D eigenvalue weighted by Gasteiger charge is -2.19. The normalized spacial score (nSPS) is 9.95. The van der Waals surface area contributed by atoms with Crippen molar-refractivity contribution < 1.29 is 9.90 Å². The van der Waals surface area contributed by atoms with E-state index in [0.717, 1.165) is 11.1 Å². The molecule has 0 spiro atoms. The molecule has 1 aromatic carbocycles. The van der Waals surface area contributed by atoms with E-state index in [1.54, 1.807) is 11.9 Å². The monoisotopic (exact) mass is 260 g/mol. The van der Waals surface area contributed by atoms with Crippen LogP contribution in [0.3, 0.4) is 0 Å². The number of aliphatic hydroxyl groups is 1. The number of amides is 1. The lowest BCUT2D eigenvalue weighted by atomic mass is 10.1. The highest BCUT2D eigenvalue weighted by atomic mass is 16.2. The van der Waals surface area contributed by atoms with Crippen LogP contribution >= 0.6 is 0 Å². The first-order valence-corrected chi connectivity index (χ1v) is 6.10. The van der Waals surface area contributed by atoms with Crippen LogP contribution in [0.15, 0.2) is 24.3 Å². The third-order valence-corrected chi connectivity index (χ3v) is 2.54. The second-order valence-corrected chi connectivity index (χ2v) is 4.65. The summed E-state index contributed by atoms with van der Waals surface area (Å²) in [6.45, 7) is 0.813. The van der Waals surface area contributed by atoms with Crippen LogP contribution in [0.25, 0.3) is 0 Å². The van der Waals surface area contributed by atoms with Crippen LogP contribution in [-0.4, -0.2) is 55.1 Å². The maximum Gasteiger partial charge on any atom is 0.236 e. The van der Waals surface area contributed by atoms with E-state index in [1.165, 1.54) is 0 Å². The number of hydrogen-bond acceptors (Lipinski definition) is 3. The Labute approximate surface area is 114 Å². The average molecular weight is 260 g/mol. The molecule has 19 heavy (non-hydrogen) atoms. The van der Waals surface area contributed by atoms with Crippen LogP contribution in [0.1, 0.15) is 11.1 Å². The van der Waals surface area contributed by atoms with E-state index in [9.17, 15) is 4.79 Å². The molecule has 0 atom stereocenters. The summed E-state index contributed by atoms with van der Waals surface area (Å²) in [7, 11) is 5.53. The van der Waals surface area contributed by atoms with Gasteiger partial charge in [-0.1, -0.05) is 24.0 Å². The van der Waals surface area contributed by atoms with E-state index >= 15 is 0 Å². The van der Waals surface area contributed by atoms with Gasteiger partial charge in [0.1, 0.15) is 6.61 Å². The zero-order valence-corrected chi connectivity index (χ0v) is 11.7. The Balaban J connectivity index is 2.68. The van der Waals surface area contributed by atoms with Gasteiger partial charge in [0, 0.05) is 19.2 Å². The Kier molecular flexibility index (Phi) is 6.07. The van der Waals surface area contributed by atoms with Crippen LogP contribution in [0.2, 0.25) is 0 Å².